The van der Waals surface area contributed by atoms with E-state index in [4.69, 9.17) is 9.47 Å². The van der Waals surface area contributed by atoms with Gasteiger partial charge in [-0.3, -0.25) is 0 Å². The SMILES string of the molecule is C=CC(=O)OCC(O)COCCC1CCCCC1. The molecule has 1 saturated carbocycles. The van der Waals surface area contributed by atoms with Gasteiger partial charge < -0.3 is 14.6 Å². The van der Waals surface area contributed by atoms with E-state index in [0.717, 1.165) is 18.4 Å². The van der Waals surface area contributed by atoms with Crippen molar-refractivity contribution in [2.24, 2.45) is 5.92 Å². The Bertz CT molecular complexity index is 246. The van der Waals surface area contributed by atoms with Gasteiger partial charge in [-0.2, -0.15) is 0 Å². The molecule has 0 aromatic heterocycles. The molecule has 1 rings (SSSR count). The maximum absolute atomic E-state index is 10.8. The van der Waals surface area contributed by atoms with Gasteiger partial charge in [-0.1, -0.05) is 38.7 Å². The van der Waals surface area contributed by atoms with Gasteiger partial charge in [0.05, 0.1) is 6.61 Å². The van der Waals surface area contributed by atoms with E-state index in [9.17, 15) is 9.90 Å². The summed E-state index contributed by atoms with van der Waals surface area (Å²) >= 11 is 0. The zero-order valence-electron chi connectivity index (χ0n) is 11.0. The summed E-state index contributed by atoms with van der Waals surface area (Å²) in [6, 6.07) is 0. The first-order valence-electron chi connectivity index (χ1n) is 6.77. The number of carbonyl (C=O) groups is 1. The van der Waals surface area contributed by atoms with Gasteiger partial charge in [-0.05, 0) is 12.3 Å². The number of ether oxygens (including phenoxy) is 2. The fourth-order valence-electron chi connectivity index (χ4n) is 2.23. The highest BCUT2D eigenvalue weighted by atomic mass is 16.5. The minimum Gasteiger partial charge on any atom is -0.460 e. The van der Waals surface area contributed by atoms with Crippen LogP contribution >= 0.6 is 0 Å². The molecule has 4 nitrogen and oxygen atoms in total. The van der Waals surface area contributed by atoms with Crippen molar-refractivity contribution in [2.75, 3.05) is 19.8 Å². The Hall–Kier alpha value is -0.870. The van der Waals surface area contributed by atoms with Crippen molar-refractivity contribution in [1.29, 1.82) is 0 Å². The smallest absolute Gasteiger partial charge is 0.330 e. The zero-order valence-corrected chi connectivity index (χ0v) is 11.0. The number of aliphatic hydroxyl groups excluding tert-OH is 1. The van der Waals surface area contributed by atoms with Gasteiger partial charge in [0.25, 0.3) is 0 Å². The predicted octanol–water partition coefficient (Wildman–Crippen LogP) is 2.06. The van der Waals surface area contributed by atoms with Crippen LogP contribution in [-0.2, 0) is 14.3 Å². The maximum Gasteiger partial charge on any atom is 0.330 e. The van der Waals surface area contributed by atoms with Crippen molar-refractivity contribution in [1.82, 2.24) is 0 Å². The highest BCUT2D eigenvalue weighted by molar-refractivity contribution is 5.81. The molecule has 0 aliphatic heterocycles. The van der Waals surface area contributed by atoms with Crippen LogP contribution in [0.5, 0.6) is 0 Å². The minimum atomic E-state index is -0.750. The molecule has 1 atom stereocenters. The van der Waals surface area contributed by atoms with Crippen LogP contribution in [0.3, 0.4) is 0 Å². The maximum atomic E-state index is 10.8. The summed E-state index contributed by atoms with van der Waals surface area (Å²) in [5, 5.41) is 9.49. The predicted molar refractivity (Wildman–Crippen MR) is 69.2 cm³/mol. The molecular formula is C14H24O4. The summed E-state index contributed by atoms with van der Waals surface area (Å²) in [6.45, 7) is 4.14. The number of hydrogen-bond acceptors (Lipinski definition) is 4. The van der Waals surface area contributed by atoms with Gasteiger partial charge in [-0.25, -0.2) is 4.79 Å². The molecular weight excluding hydrogens is 232 g/mol. The van der Waals surface area contributed by atoms with Crippen LogP contribution in [0.2, 0.25) is 0 Å². The third-order valence-electron chi connectivity index (χ3n) is 3.29. The second kappa shape index (κ2) is 9.11. The normalized spacial score (nSPS) is 18.3. The van der Waals surface area contributed by atoms with Crippen LogP contribution < -0.4 is 0 Å². The first-order valence-corrected chi connectivity index (χ1v) is 6.77. The highest BCUT2D eigenvalue weighted by Gasteiger charge is 2.13. The Balaban J connectivity index is 1.96. The molecule has 1 fully saturated rings. The average Bonchev–Trinajstić information content (AvgIpc) is 2.42. The quantitative estimate of drug-likeness (QED) is 0.410. The summed E-state index contributed by atoms with van der Waals surface area (Å²) in [7, 11) is 0. The summed E-state index contributed by atoms with van der Waals surface area (Å²) in [4.78, 5) is 10.8. The van der Waals surface area contributed by atoms with E-state index < -0.39 is 12.1 Å². The van der Waals surface area contributed by atoms with Crippen molar-refractivity contribution in [2.45, 2.75) is 44.6 Å². The summed E-state index contributed by atoms with van der Waals surface area (Å²) in [5.41, 5.74) is 0. The van der Waals surface area contributed by atoms with Gasteiger partial charge in [0.15, 0.2) is 0 Å². The molecule has 1 aliphatic rings. The Morgan fingerprint density at radius 1 is 1.33 bits per heavy atom. The zero-order chi connectivity index (χ0) is 13.2. The molecule has 0 amide bonds. The van der Waals surface area contributed by atoms with E-state index in [0.29, 0.717) is 6.61 Å². The lowest BCUT2D eigenvalue weighted by Gasteiger charge is -2.21. The van der Waals surface area contributed by atoms with E-state index in [1.54, 1.807) is 0 Å². The van der Waals surface area contributed by atoms with Crippen molar-refractivity contribution in [3.05, 3.63) is 12.7 Å². The van der Waals surface area contributed by atoms with Crippen LogP contribution in [-0.4, -0.2) is 37.0 Å². The van der Waals surface area contributed by atoms with Gasteiger partial charge in [0, 0.05) is 12.7 Å². The molecule has 0 aromatic rings. The van der Waals surface area contributed by atoms with Gasteiger partial charge in [0.1, 0.15) is 12.7 Å². The molecule has 1 unspecified atom stereocenters. The topological polar surface area (TPSA) is 55.8 Å². The van der Waals surface area contributed by atoms with Crippen LogP contribution in [0, 0.1) is 5.92 Å². The molecule has 1 aliphatic carbocycles. The third kappa shape index (κ3) is 6.77. The van der Waals surface area contributed by atoms with Crippen molar-refractivity contribution >= 4 is 5.97 Å². The highest BCUT2D eigenvalue weighted by Crippen LogP contribution is 2.25. The first-order chi connectivity index (χ1) is 8.72. The molecule has 0 spiro atoms. The standard InChI is InChI=1S/C14H24O4/c1-2-14(16)18-11-13(15)10-17-9-8-12-6-4-3-5-7-12/h2,12-13,15H,1,3-11H2. The Kier molecular flexibility index (Phi) is 7.69. The molecule has 0 bridgehead atoms. The molecule has 0 saturated heterocycles. The van der Waals surface area contributed by atoms with E-state index in [2.05, 4.69) is 6.58 Å². The number of carbonyl (C=O) groups excluding carboxylic acids is 1. The number of rotatable bonds is 8. The second-order valence-corrected chi connectivity index (χ2v) is 4.86. The molecule has 0 heterocycles. The lowest BCUT2D eigenvalue weighted by molar-refractivity contribution is -0.141. The third-order valence-corrected chi connectivity index (χ3v) is 3.29. The molecule has 0 radical (unpaired) electrons. The fourth-order valence-corrected chi connectivity index (χ4v) is 2.23. The molecule has 1 N–H and O–H groups in total. The lowest BCUT2D eigenvalue weighted by atomic mass is 9.87. The van der Waals surface area contributed by atoms with Gasteiger partial charge in [0.2, 0.25) is 0 Å². The average molecular weight is 256 g/mol. The van der Waals surface area contributed by atoms with E-state index in [-0.39, 0.29) is 13.2 Å². The van der Waals surface area contributed by atoms with Gasteiger partial charge >= 0.3 is 5.97 Å². The monoisotopic (exact) mass is 256 g/mol. The largest absolute Gasteiger partial charge is 0.460 e. The summed E-state index contributed by atoms with van der Waals surface area (Å²) in [6.07, 6.45) is 8.06. The van der Waals surface area contributed by atoms with Crippen LogP contribution in [0.15, 0.2) is 12.7 Å². The van der Waals surface area contributed by atoms with Crippen molar-refractivity contribution < 1.29 is 19.4 Å². The minimum absolute atomic E-state index is 0.0335. The van der Waals surface area contributed by atoms with Crippen LogP contribution in [0.25, 0.3) is 0 Å². The summed E-state index contributed by atoms with van der Waals surface area (Å²) < 4.78 is 10.1. The van der Waals surface area contributed by atoms with Crippen LogP contribution in [0.1, 0.15) is 38.5 Å². The molecule has 104 valence electrons. The number of hydrogen-bond donors (Lipinski definition) is 1. The Labute approximate surface area is 109 Å². The van der Waals surface area contributed by atoms with E-state index in [1.807, 2.05) is 0 Å². The fraction of sp³-hybridized carbons (Fsp3) is 0.786. The number of aliphatic hydroxyl groups is 1. The van der Waals surface area contributed by atoms with Crippen LogP contribution in [0.4, 0.5) is 0 Å². The molecule has 18 heavy (non-hydrogen) atoms. The Morgan fingerprint density at radius 3 is 2.72 bits per heavy atom. The molecule has 4 heteroatoms. The van der Waals surface area contributed by atoms with Gasteiger partial charge in [-0.15, -0.1) is 0 Å². The Morgan fingerprint density at radius 2 is 2.06 bits per heavy atom. The molecule has 0 aromatic carbocycles. The van der Waals surface area contributed by atoms with E-state index >= 15 is 0 Å². The van der Waals surface area contributed by atoms with Crippen molar-refractivity contribution in [3.63, 3.8) is 0 Å². The lowest BCUT2D eigenvalue weighted by Crippen LogP contribution is -2.24. The first kappa shape index (κ1) is 15.2. The van der Waals surface area contributed by atoms with Crippen molar-refractivity contribution in [3.8, 4) is 0 Å². The van der Waals surface area contributed by atoms with E-state index in [1.165, 1.54) is 32.1 Å². The number of esters is 1. The second-order valence-electron chi connectivity index (χ2n) is 4.86. The summed E-state index contributed by atoms with van der Waals surface area (Å²) in [5.74, 6) is 0.269.